The van der Waals surface area contributed by atoms with E-state index >= 15 is 0 Å². The Morgan fingerprint density at radius 1 is 0.917 bits per heavy atom. The number of likely N-dealkylation sites (tertiary alicyclic amines) is 1. The number of benzene rings is 2. The molecule has 36 heavy (non-hydrogen) atoms. The third-order valence-corrected chi connectivity index (χ3v) is 7.62. The van der Waals surface area contributed by atoms with E-state index in [-0.39, 0.29) is 17.9 Å². The number of nitrogens with zero attached hydrogens (tertiary/aromatic N) is 5. The molecular weight excluding hydrogens is 450 g/mol. The largest absolute Gasteiger partial charge is 0.297 e. The predicted molar refractivity (Wildman–Crippen MR) is 138 cm³/mol. The van der Waals surface area contributed by atoms with E-state index in [1.165, 1.54) is 10.5 Å². The summed E-state index contributed by atoms with van der Waals surface area (Å²) in [6.07, 6.45) is 0.764. The van der Waals surface area contributed by atoms with Crippen molar-refractivity contribution in [2.45, 2.75) is 46.7 Å². The first-order chi connectivity index (χ1) is 17.3. The molecule has 4 heterocycles. The number of hydrogen-bond donors (Lipinski definition) is 0. The van der Waals surface area contributed by atoms with Gasteiger partial charge in [-0.15, -0.1) is 0 Å². The maximum atomic E-state index is 13.7. The molecule has 1 unspecified atom stereocenters. The Hall–Kier alpha value is -3.84. The molecule has 7 heteroatoms. The molecule has 2 amide bonds. The maximum Gasteiger partial charge on any atom is 0.263 e. The summed E-state index contributed by atoms with van der Waals surface area (Å²) in [5, 5.41) is 5.55. The van der Waals surface area contributed by atoms with Gasteiger partial charge in [-0.25, -0.2) is 4.68 Å². The monoisotopic (exact) mass is 479 g/mol. The molecule has 6 rings (SSSR count). The lowest BCUT2D eigenvalue weighted by Gasteiger charge is -2.23. The van der Waals surface area contributed by atoms with E-state index in [1.54, 1.807) is 0 Å². The van der Waals surface area contributed by atoms with Crippen LogP contribution in [0.3, 0.4) is 0 Å². The van der Waals surface area contributed by atoms with E-state index in [9.17, 15) is 9.59 Å². The molecule has 1 saturated heterocycles. The first-order valence-corrected chi connectivity index (χ1v) is 12.4. The van der Waals surface area contributed by atoms with Gasteiger partial charge in [0.05, 0.1) is 39.8 Å². The van der Waals surface area contributed by atoms with E-state index in [2.05, 4.69) is 28.9 Å². The van der Waals surface area contributed by atoms with Crippen LogP contribution in [0.5, 0.6) is 0 Å². The number of carbonyl (C=O) groups is 2. The second-order valence-electron chi connectivity index (χ2n) is 10.0. The van der Waals surface area contributed by atoms with E-state index < -0.39 is 0 Å². The quantitative estimate of drug-likeness (QED) is 0.403. The summed E-state index contributed by atoms with van der Waals surface area (Å²) in [4.78, 5) is 35.6. The van der Waals surface area contributed by atoms with Crippen LogP contribution in [0.1, 0.15) is 55.3 Å². The number of rotatable bonds is 4. The van der Waals surface area contributed by atoms with E-state index in [0.29, 0.717) is 23.4 Å². The smallest absolute Gasteiger partial charge is 0.263 e. The number of pyridine rings is 1. The van der Waals surface area contributed by atoms with Crippen LogP contribution >= 0.6 is 0 Å². The van der Waals surface area contributed by atoms with E-state index in [0.717, 1.165) is 53.1 Å². The number of amides is 2. The molecule has 0 N–H and O–H groups in total. The topological polar surface area (TPSA) is 71.3 Å². The first-order valence-electron chi connectivity index (χ1n) is 12.4. The van der Waals surface area contributed by atoms with Crippen LogP contribution in [0.25, 0.3) is 16.6 Å². The van der Waals surface area contributed by atoms with Crippen molar-refractivity contribution in [1.29, 1.82) is 0 Å². The van der Waals surface area contributed by atoms with Crippen LogP contribution in [0.2, 0.25) is 0 Å². The Morgan fingerprint density at radius 2 is 1.67 bits per heavy atom. The second-order valence-corrected chi connectivity index (χ2v) is 10.0. The standard InChI is InChI=1S/C29H29N5O2/c1-17-10-11-25-23(14-17)27-26(19(3)30-25)28(35)33(29(27)36)22-12-13-32(15-22)16-24-18(2)31-34(20(24)4)21-8-6-5-7-9-21/h5-11,14,22H,12-13,15-16H2,1-4H3. The molecule has 2 aromatic heterocycles. The average Bonchev–Trinajstić information content (AvgIpc) is 3.51. The summed E-state index contributed by atoms with van der Waals surface area (Å²) in [7, 11) is 0. The summed E-state index contributed by atoms with van der Waals surface area (Å²) in [5.74, 6) is -0.397. The van der Waals surface area contributed by atoms with Crippen molar-refractivity contribution >= 4 is 22.7 Å². The fourth-order valence-corrected chi connectivity index (χ4v) is 5.76. The summed E-state index contributed by atoms with van der Waals surface area (Å²) >= 11 is 0. The lowest BCUT2D eigenvalue weighted by atomic mass is 10.0. The molecule has 182 valence electrons. The van der Waals surface area contributed by atoms with Crippen molar-refractivity contribution in [1.82, 2.24) is 24.6 Å². The van der Waals surface area contributed by atoms with Crippen molar-refractivity contribution in [3.63, 3.8) is 0 Å². The highest BCUT2D eigenvalue weighted by atomic mass is 16.2. The molecule has 0 spiro atoms. The van der Waals surface area contributed by atoms with Crippen molar-refractivity contribution < 1.29 is 9.59 Å². The number of hydrogen-bond acceptors (Lipinski definition) is 5. The van der Waals surface area contributed by atoms with Gasteiger partial charge in [0.2, 0.25) is 0 Å². The van der Waals surface area contributed by atoms with Gasteiger partial charge in [-0.2, -0.15) is 5.10 Å². The molecule has 1 atom stereocenters. The van der Waals surface area contributed by atoms with Crippen LogP contribution in [-0.2, 0) is 6.54 Å². The summed E-state index contributed by atoms with van der Waals surface area (Å²) < 4.78 is 1.99. The van der Waals surface area contributed by atoms with Gasteiger partial charge in [0, 0.05) is 36.3 Å². The predicted octanol–water partition coefficient (Wildman–Crippen LogP) is 4.52. The van der Waals surface area contributed by atoms with Gasteiger partial charge in [-0.3, -0.25) is 24.4 Å². The first kappa shape index (κ1) is 22.6. The van der Waals surface area contributed by atoms with E-state index in [4.69, 9.17) is 5.10 Å². The van der Waals surface area contributed by atoms with Crippen molar-refractivity contribution in [3.05, 3.63) is 87.9 Å². The summed E-state index contributed by atoms with van der Waals surface area (Å²) in [6.45, 7) is 10.2. The molecule has 0 aliphatic carbocycles. The summed E-state index contributed by atoms with van der Waals surface area (Å²) in [5.41, 5.74) is 7.77. The van der Waals surface area contributed by atoms with Gasteiger partial charge in [0.1, 0.15) is 0 Å². The fourth-order valence-electron chi connectivity index (χ4n) is 5.76. The Labute approximate surface area is 210 Å². The minimum Gasteiger partial charge on any atom is -0.297 e. The molecule has 1 fully saturated rings. The number of imide groups is 1. The highest BCUT2D eigenvalue weighted by Crippen LogP contribution is 2.35. The highest BCUT2D eigenvalue weighted by molar-refractivity contribution is 6.26. The number of para-hydroxylation sites is 1. The average molecular weight is 480 g/mol. The Kier molecular flexibility index (Phi) is 5.26. The van der Waals surface area contributed by atoms with Crippen LogP contribution in [-0.4, -0.2) is 55.5 Å². The zero-order valence-corrected chi connectivity index (χ0v) is 21.1. The summed E-state index contributed by atoms with van der Waals surface area (Å²) in [6, 6.07) is 15.9. The third kappa shape index (κ3) is 3.45. The van der Waals surface area contributed by atoms with Gasteiger partial charge < -0.3 is 0 Å². The lowest BCUT2D eigenvalue weighted by molar-refractivity contribution is 0.0588. The van der Waals surface area contributed by atoms with Gasteiger partial charge in [0.25, 0.3) is 11.8 Å². The normalized spacial score (nSPS) is 18.0. The lowest BCUT2D eigenvalue weighted by Crippen LogP contribution is -2.41. The van der Waals surface area contributed by atoms with Crippen LogP contribution in [0.4, 0.5) is 0 Å². The molecule has 2 aliphatic heterocycles. The number of fused-ring (bicyclic) bond motifs is 3. The van der Waals surface area contributed by atoms with Crippen molar-refractivity contribution in [2.75, 3.05) is 13.1 Å². The minimum absolute atomic E-state index is 0.151. The third-order valence-electron chi connectivity index (χ3n) is 7.62. The van der Waals surface area contributed by atoms with E-state index in [1.807, 2.05) is 61.9 Å². The van der Waals surface area contributed by atoms with Crippen LogP contribution in [0, 0.1) is 27.7 Å². The zero-order chi connectivity index (χ0) is 25.1. The SMILES string of the molecule is Cc1ccc2nc(C)c3c(c2c1)C(=O)N(C1CCN(Cc2c(C)nn(-c4ccccc4)c2C)C1)C3=O. The second kappa shape index (κ2) is 8.38. The fraction of sp³-hybridized carbons (Fsp3) is 0.310. The Bertz CT molecular complexity index is 1540. The molecular formula is C29H29N5O2. The number of aromatic nitrogens is 3. The molecule has 0 saturated carbocycles. The minimum atomic E-state index is -0.209. The molecule has 0 radical (unpaired) electrons. The molecule has 0 bridgehead atoms. The van der Waals surface area contributed by atoms with Crippen molar-refractivity contribution in [3.8, 4) is 5.69 Å². The van der Waals surface area contributed by atoms with Gasteiger partial charge in [0.15, 0.2) is 0 Å². The van der Waals surface area contributed by atoms with Crippen LogP contribution < -0.4 is 0 Å². The number of carbonyl (C=O) groups excluding carboxylic acids is 2. The molecule has 4 aromatic rings. The zero-order valence-electron chi connectivity index (χ0n) is 21.1. The highest BCUT2D eigenvalue weighted by Gasteiger charge is 2.44. The van der Waals surface area contributed by atoms with Gasteiger partial charge in [-0.05, 0) is 58.4 Å². The Morgan fingerprint density at radius 3 is 2.44 bits per heavy atom. The maximum absolute atomic E-state index is 13.7. The number of aryl methyl sites for hydroxylation is 3. The van der Waals surface area contributed by atoms with Gasteiger partial charge in [-0.1, -0.05) is 29.8 Å². The van der Waals surface area contributed by atoms with Crippen molar-refractivity contribution in [2.24, 2.45) is 0 Å². The Balaban J connectivity index is 1.26. The molecule has 7 nitrogen and oxygen atoms in total. The molecule has 2 aromatic carbocycles. The van der Waals surface area contributed by atoms with Gasteiger partial charge >= 0.3 is 0 Å². The molecule has 2 aliphatic rings. The van der Waals surface area contributed by atoms with Crippen LogP contribution in [0.15, 0.2) is 48.5 Å².